The van der Waals surface area contributed by atoms with Crippen LogP contribution in [0.4, 0.5) is 8.78 Å². The maximum absolute atomic E-state index is 12.9. The van der Waals surface area contributed by atoms with Gasteiger partial charge in [0.05, 0.1) is 6.04 Å². The molecule has 3 aromatic rings. The van der Waals surface area contributed by atoms with E-state index < -0.39 is 0 Å². The van der Waals surface area contributed by atoms with Crippen molar-refractivity contribution in [3.8, 4) is 11.4 Å². The van der Waals surface area contributed by atoms with Crippen molar-refractivity contribution in [1.82, 2.24) is 15.5 Å². The number of benzene rings is 2. The standard InChI is InChI=1S/C19H17F2N3O2/c1-12(13-2-6-15(20)7-3-13)22-17(25)10-11-18-23-19(24-26-18)14-4-8-16(21)9-5-14/h2-9,12H,10-11H2,1H3,(H,22,25). The lowest BCUT2D eigenvalue weighted by Gasteiger charge is -2.13. The SMILES string of the molecule is CC(NC(=O)CCc1nc(-c2ccc(F)cc2)no1)c1ccc(F)cc1. The van der Waals surface area contributed by atoms with Crippen LogP contribution < -0.4 is 5.32 Å². The molecule has 1 unspecified atom stereocenters. The van der Waals surface area contributed by atoms with E-state index in [2.05, 4.69) is 15.5 Å². The maximum Gasteiger partial charge on any atom is 0.227 e. The lowest BCUT2D eigenvalue weighted by molar-refractivity contribution is -0.121. The van der Waals surface area contributed by atoms with Crippen LogP contribution in [0.3, 0.4) is 0 Å². The second-order valence-electron chi connectivity index (χ2n) is 5.86. The van der Waals surface area contributed by atoms with Crippen LogP contribution in [0.2, 0.25) is 0 Å². The zero-order valence-corrected chi connectivity index (χ0v) is 14.1. The fourth-order valence-corrected chi connectivity index (χ4v) is 2.44. The Morgan fingerprint density at radius 1 is 1.08 bits per heavy atom. The van der Waals surface area contributed by atoms with Crippen molar-refractivity contribution >= 4 is 5.91 Å². The van der Waals surface area contributed by atoms with Crippen molar-refractivity contribution in [3.63, 3.8) is 0 Å². The molecule has 1 atom stereocenters. The smallest absolute Gasteiger partial charge is 0.227 e. The van der Waals surface area contributed by atoms with Gasteiger partial charge >= 0.3 is 0 Å². The first-order valence-corrected chi connectivity index (χ1v) is 8.14. The first-order chi connectivity index (χ1) is 12.5. The van der Waals surface area contributed by atoms with Gasteiger partial charge in [-0.05, 0) is 48.9 Å². The molecule has 0 aliphatic rings. The minimum Gasteiger partial charge on any atom is -0.350 e. The van der Waals surface area contributed by atoms with Crippen LogP contribution in [0.15, 0.2) is 53.1 Å². The van der Waals surface area contributed by atoms with Crippen molar-refractivity contribution in [3.05, 3.63) is 71.6 Å². The highest BCUT2D eigenvalue weighted by atomic mass is 19.1. The molecule has 0 radical (unpaired) electrons. The first-order valence-electron chi connectivity index (χ1n) is 8.14. The molecule has 0 bridgehead atoms. The fourth-order valence-electron chi connectivity index (χ4n) is 2.44. The second kappa shape index (κ2) is 7.86. The van der Waals surface area contributed by atoms with Crippen LogP contribution in [-0.4, -0.2) is 16.0 Å². The van der Waals surface area contributed by atoms with Crippen molar-refractivity contribution in [1.29, 1.82) is 0 Å². The Balaban J connectivity index is 1.53. The average Bonchev–Trinajstić information content (AvgIpc) is 3.10. The number of aromatic nitrogens is 2. The van der Waals surface area contributed by atoms with E-state index in [1.54, 1.807) is 24.3 Å². The van der Waals surface area contributed by atoms with Crippen LogP contribution >= 0.6 is 0 Å². The molecule has 2 aromatic carbocycles. The highest BCUT2D eigenvalue weighted by molar-refractivity contribution is 5.76. The van der Waals surface area contributed by atoms with E-state index in [0.29, 0.717) is 17.3 Å². The number of carbonyl (C=O) groups is 1. The maximum atomic E-state index is 12.9. The van der Waals surface area contributed by atoms with E-state index in [9.17, 15) is 13.6 Å². The van der Waals surface area contributed by atoms with E-state index in [1.807, 2.05) is 6.92 Å². The van der Waals surface area contributed by atoms with Crippen LogP contribution in [-0.2, 0) is 11.2 Å². The molecule has 1 N–H and O–H groups in total. The van der Waals surface area contributed by atoms with Gasteiger partial charge in [-0.25, -0.2) is 8.78 Å². The molecular formula is C19H17F2N3O2. The summed E-state index contributed by atoms with van der Waals surface area (Å²) in [5.41, 5.74) is 1.45. The number of amides is 1. The predicted molar refractivity (Wildman–Crippen MR) is 91.0 cm³/mol. The summed E-state index contributed by atoms with van der Waals surface area (Å²) >= 11 is 0. The molecule has 0 saturated carbocycles. The summed E-state index contributed by atoms with van der Waals surface area (Å²) in [6.45, 7) is 1.82. The quantitative estimate of drug-likeness (QED) is 0.728. The third-order valence-electron chi connectivity index (χ3n) is 3.88. The molecule has 0 aliphatic heterocycles. The van der Waals surface area contributed by atoms with Crippen LogP contribution in [0.1, 0.15) is 30.8 Å². The van der Waals surface area contributed by atoms with Crippen molar-refractivity contribution in [2.45, 2.75) is 25.8 Å². The van der Waals surface area contributed by atoms with Gasteiger partial charge in [-0.2, -0.15) is 4.98 Å². The Morgan fingerprint density at radius 3 is 2.35 bits per heavy atom. The molecule has 0 fully saturated rings. The Hall–Kier alpha value is -3.09. The van der Waals surface area contributed by atoms with Gasteiger partial charge < -0.3 is 9.84 Å². The van der Waals surface area contributed by atoms with Gasteiger partial charge in [0, 0.05) is 18.4 Å². The van der Waals surface area contributed by atoms with E-state index in [4.69, 9.17) is 4.52 Å². The molecule has 0 spiro atoms. The zero-order chi connectivity index (χ0) is 18.5. The third kappa shape index (κ3) is 4.50. The third-order valence-corrected chi connectivity index (χ3v) is 3.88. The summed E-state index contributed by atoms with van der Waals surface area (Å²) in [6, 6.07) is 11.5. The fraction of sp³-hybridized carbons (Fsp3) is 0.211. The number of rotatable bonds is 6. The van der Waals surface area contributed by atoms with Gasteiger partial charge in [0.15, 0.2) is 0 Å². The largest absolute Gasteiger partial charge is 0.350 e. The number of aryl methyl sites for hydroxylation is 1. The Labute approximate surface area is 149 Å². The van der Waals surface area contributed by atoms with Crippen molar-refractivity contribution in [2.24, 2.45) is 0 Å². The highest BCUT2D eigenvalue weighted by Crippen LogP contribution is 2.17. The van der Waals surface area contributed by atoms with E-state index in [0.717, 1.165) is 5.56 Å². The summed E-state index contributed by atoms with van der Waals surface area (Å²) in [7, 11) is 0. The lowest BCUT2D eigenvalue weighted by Crippen LogP contribution is -2.26. The lowest BCUT2D eigenvalue weighted by atomic mass is 10.1. The normalized spacial score (nSPS) is 12.0. The monoisotopic (exact) mass is 357 g/mol. The summed E-state index contributed by atoms with van der Waals surface area (Å²) in [6.07, 6.45) is 0.465. The van der Waals surface area contributed by atoms with E-state index >= 15 is 0 Å². The number of carbonyl (C=O) groups excluding carboxylic acids is 1. The van der Waals surface area contributed by atoms with Crippen LogP contribution in [0.25, 0.3) is 11.4 Å². The van der Waals surface area contributed by atoms with E-state index in [-0.39, 0.29) is 36.4 Å². The number of hydrogen-bond acceptors (Lipinski definition) is 4. The predicted octanol–water partition coefficient (Wildman–Crippen LogP) is 3.82. The Kier molecular flexibility index (Phi) is 5.36. The number of nitrogens with zero attached hydrogens (tertiary/aromatic N) is 2. The Morgan fingerprint density at radius 2 is 1.69 bits per heavy atom. The Bertz CT molecular complexity index is 877. The minimum absolute atomic E-state index is 0.177. The molecule has 5 nitrogen and oxygen atoms in total. The molecule has 0 aliphatic carbocycles. The molecule has 0 saturated heterocycles. The molecular weight excluding hydrogens is 340 g/mol. The molecule has 134 valence electrons. The van der Waals surface area contributed by atoms with E-state index in [1.165, 1.54) is 24.3 Å². The summed E-state index contributed by atoms with van der Waals surface area (Å²) < 4.78 is 31.0. The van der Waals surface area contributed by atoms with Gasteiger partial charge in [0.1, 0.15) is 11.6 Å². The molecule has 3 rings (SSSR count). The number of halogens is 2. The first kappa shape index (κ1) is 17.7. The van der Waals surface area contributed by atoms with Gasteiger partial charge in [-0.3, -0.25) is 4.79 Å². The molecule has 7 heteroatoms. The molecule has 1 amide bonds. The second-order valence-corrected chi connectivity index (χ2v) is 5.86. The van der Waals surface area contributed by atoms with Crippen molar-refractivity contribution in [2.75, 3.05) is 0 Å². The zero-order valence-electron chi connectivity index (χ0n) is 14.1. The molecule has 1 heterocycles. The molecule has 26 heavy (non-hydrogen) atoms. The molecule has 1 aromatic heterocycles. The van der Waals surface area contributed by atoms with Crippen LogP contribution in [0, 0.1) is 11.6 Å². The summed E-state index contributed by atoms with van der Waals surface area (Å²) in [5, 5.41) is 6.67. The summed E-state index contributed by atoms with van der Waals surface area (Å²) in [5.74, 6) is -0.164. The van der Waals surface area contributed by atoms with Gasteiger partial charge in [-0.15, -0.1) is 0 Å². The van der Waals surface area contributed by atoms with Crippen LogP contribution in [0.5, 0.6) is 0 Å². The summed E-state index contributed by atoms with van der Waals surface area (Å²) in [4.78, 5) is 16.3. The minimum atomic E-state index is -0.343. The van der Waals surface area contributed by atoms with Gasteiger partial charge in [-0.1, -0.05) is 17.3 Å². The van der Waals surface area contributed by atoms with Gasteiger partial charge in [0.25, 0.3) is 0 Å². The number of nitrogens with one attached hydrogen (secondary N) is 1. The topological polar surface area (TPSA) is 68.0 Å². The van der Waals surface area contributed by atoms with Gasteiger partial charge in [0.2, 0.25) is 17.6 Å². The van der Waals surface area contributed by atoms with Crippen molar-refractivity contribution < 1.29 is 18.1 Å². The number of hydrogen-bond donors (Lipinski definition) is 1. The average molecular weight is 357 g/mol. The highest BCUT2D eigenvalue weighted by Gasteiger charge is 2.13.